The summed E-state index contributed by atoms with van der Waals surface area (Å²) >= 11 is 0. The van der Waals surface area contributed by atoms with Gasteiger partial charge in [0.25, 0.3) is 0 Å². The van der Waals surface area contributed by atoms with Crippen LogP contribution < -0.4 is 5.32 Å². The van der Waals surface area contributed by atoms with Crippen molar-refractivity contribution in [2.75, 3.05) is 6.54 Å². The van der Waals surface area contributed by atoms with Crippen molar-refractivity contribution in [2.24, 2.45) is 5.92 Å². The molecule has 0 amide bonds. The molecule has 108 valence electrons. The molecule has 21 heavy (non-hydrogen) atoms. The Kier molecular flexibility index (Phi) is 3.31. The third kappa shape index (κ3) is 2.40. The van der Waals surface area contributed by atoms with Crippen molar-refractivity contribution < 1.29 is 0 Å². The number of rotatable bonds is 2. The van der Waals surface area contributed by atoms with Gasteiger partial charge in [0.2, 0.25) is 0 Å². The van der Waals surface area contributed by atoms with Crippen LogP contribution in [0.4, 0.5) is 0 Å². The first-order valence-electron chi connectivity index (χ1n) is 8.18. The molecule has 1 aliphatic carbocycles. The van der Waals surface area contributed by atoms with Crippen molar-refractivity contribution in [3.05, 3.63) is 70.8 Å². The summed E-state index contributed by atoms with van der Waals surface area (Å²) in [5.74, 6) is 1.53. The molecule has 1 saturated heterocycles. The Hall–Kier alpha value is -1.60. The Labute approximate surface area is 127 Å². The number of nitrogens with one attached hydrogen (secondary N) is 1. The summed E-state index contributed by atoms with van der Waals surface area (Å²) in [6.45, 7) is 3.34. The van der Waals surface area contributed by atoms with Gasteiger partial charge in [-0.05, 0) is 48.8 Å². The Morgan fingerprint density at radius 2 is 2.00 bits per heavy atom. The van der Waals surface area contributed by atoms with Crippen molar-refractivity contribution in [3.63, 3.8) is 0 Å². The molecule has 1 fully saturated rings. The maximum Gasteiger partial charge on any atom is 0.0142 e. The molecule has 3 atom stereocenters. The van der Waals surface area contributed by atoms with E-state index in [9.17, 15) is 0 Å². The van der Waals surface area contributed by atoms with Crippen LogP contribution in [0.15, 0.2) is 48.5 Å². The fraction of sp³-hybridized carbons (Fsp3) is 0.400. The summed E-state index contributed by atoms with van der Waals surface area (Å²) in [6.07, 6.45) is 3.76. The first-order valence-corrected chi connectivity index (χ1v) is 8.18. The molecular formula is C20H23N. The second-order valence-corrected chi connectivity index (χ2v) is 6.72. The van der Waals surface area contributed by atoms with Gasteiger partial charge < -0.3 is 5.32 Å². The van der Waals surface area contributed by atoms with Gasteiger partial charge in [-0.2, -0.15) is 0 Å². The van der Waals surface area contributed by atoms with Crippen LogP contribution >= 0.6 is 0 Å². The Bertz CT molecular complexity index is 646. The van der Waals surface area contributed by atoms with Crippen molar-refractivity contribution >= 4 is 0 Å². The average molecular weight is 277 g/mol. The van der Waals surface area contributed by atoms with Crippen molar-refractivity contribution in [1.29, 1.82) is 0 Å². The van der Waals surface area contributed by atoms with E-state index in [4.69, 9.17) is 0 Å². The van der Waals surface area contributed by atoms with Crippen LogP contribution in [-0.2, 0) is 12.8 Å². The van der Waals surface area contributed by atoms with Gasteiger partial charge in [-0.3, -0.25) is 0 Å². The highest BCUT2D eigenvalue weighted by Crippen LogP contribution is 2.41. The molecular weight excluding hydrogens is 254 g/mol. The van der Waals surface area contributed by atoms with Crippen molar-refractivity contribution in [1.82, 2.24) is 5.32 Å². The molecule has 2 aromatic carbocycles. The summed E-state index contributed by atoms with van der Waals surface area (Å²) in [6, 6.07) is 18.7. The molecule has 4 rings (SSSR count). The summed E-state index contributed by atoms with van der Waals surface area (Å²) in [5.41, 5.74) is 6.03. The molecule has 1 N–H and O–H groups in total. The van der Waals surface area contributed by atoms with Gasteiger partial charge in [-0.1, -0.05) is 54.1 Å². The molecule has 1 aliphatic heterocycles. The topological polar surface area (TPSA) is 12.0 Å². The van der Waals surface area contributed by atoms with E-state index in [1.54, 1.807) is 11.1 Å². The van der Waals surface area contributed by atoms with Gasteiger partial charge in [-0.15, -0.1) is 0 Å². The second kappa shape index (κ2) is 5.31. The number of hydrogen-bond acceptors (Lipinski definition) is 1. The molecule has 1 heterocycles. The first kappa shape index (κ1) is 13.1. The zero-order valence-electron chi connectivity index (χ0n) is 12.7. The third-order valence-electron chi connectivity index (χ3n) is 5.37. The van der Waals surface area contributed by atoms with Crippen LogP contribution in [0.1, 0.15) is 34.6 Å². The smallest absolute Gasteiger partial charge is 0.0142 e. The highest BCUT2D eigenvalue weighted by molar-refractivity contribution is 5.36. The molecule has 0 radical (unpaired) electrons. The second-order valence-electron chi connectivity index (χ2n) is 6.72. The molecule has 0 saturated carbocycles. The SMILES string of the molecule is Cc1cccc(CC2NCC3c4ccccc4CCC23)c1. The number of benzene rings is 2. The standard InChI is InChI=1S/C20H23N/c1-14-5-4-6-15(11-14)12-20-18-10-9-16-7-2-3-8-17(16)19(18)13-21-20/h2-8,11,18-21H,9-10,12-13H2,1H3. The Morgan fingerprint density at radius 3 is 2.90 bits per heavy atom. The lowest BCUT2D eigenvalue weighted by molar-refractivity contribution is 0.373. The normalized spacial score (nSPS) is 27.2. The quantitative estimate of drug-likeness (QED) is 0.879. The summed E-state index contributed by atoms with van der Waals surface area (Å²) in [5, 5.41) is 3.81. The monoisotopic (exact) mass is 277 g/mol. The van der Waals surface area contributed by atoms with Gasteiger partial charge in [0.1, 0.15) is 0 Å². The highest BCUT2D eigenvalue weighted by Gasteiger charge is 2.39. The maximum atomic E-state index is 3.81. The van der Waals surface area contributed by atoms with Crippen LogP contribution in [0.3, 0.4) is 0 Å². The van der Waals surface area contributed by atoms with E-state index in [1.165, 1.54) is 30.4 Å². The van der Waals surface area contributed by atoms with Gasteiger partial charge in [0, 0.05) is 18.5 Å². The van der Waals surface area contributed by atoms with Crippen molar-refractivity contribution in [2.45, 2.75) is 38.1 Å². The van der Waals surface area contributed by atoms with E-state index >= 15 is 0 Å². The lowest BCUT2D eigenvalue weighted by Gasteiger charge is -2.30. The molecule has 2 aromatic rings. The minimum absolute atomic E-state index is 0.644. The van der Waals surface area contributed by atoms with Crippen LogP contribution in [0, 0.1) is 12.8 Å². The lowest BCUT2D eigenvalue weighted by Crippen LogP contribution is -2.31. The summed E-state index contributed by atoms with van der Waals surface area (Å²) in [7, 11) is 0. The predicted octanol–water partition coefficient (Wildman–Crippen LogP) is 3.86. The van der Waals surface area contributed by atoms with E-state index in [1.807, 2.05) is 0 Å². The van der Waals surface area contributed by atoms with E-state index in [-0.39, 0.29) is 0 Å². The van der Waals surface area contributed by atoms with Gasteiger partial charge in [-0.25, -0.2) is 0 Å². The van der Waals surface area contributed by atoms with E-state index < -0.39 is 0 Å². The molecule has 3 unspecified atom stereocenters. The molecule has 2 aliphatic rings. The number of aryl methyl sites for hydroxylation is 2. The van der Waals surface area contributed by atoms with Crippen LogP contribution in [0.5, 0.6) is 0 Å². The lowest BCUT2D eigenvalue weighted by atomic mass is 9.74. The zero-order chi connectivity index (χ0) is 14.2. The van der Waals surface area contributed by atoms with E-state index in [0.29, 0.717) is 6.04 Å². The van der Waals surface area contributed by atoms with Crippen molar-refractivity contribution in [3.8, 4) is 0 Å². The Balaban J connectivity index is 1.56. The van der Waals surface area contributed by atoms with Gasteiger partial charge in [0.05, 0.1) is 0 Å². The fourth-order valence-corrected chi connectivity index (χ4v) is 4.37. The zero-order valence-corrected chi connectivity index (χ0v) is 12.7. The average Bonchev–Trinajstić information content (AvgIpc) is 2.91. The third-order valence-corrected chi connectivity index (χ3v) is 5.37. The summed E-state index contributed by atoms with van der Waals surface area (Å²) < 4.78 is 0. The number of hydrogen-bond donors (Lipinski definition) is 1. The van der Waals surface area contributed by atoms with E-state index in [0.717, 1.165) is 18.4 Å². The van der Waals surface area contributed by atoms with Gasteiger partial charge in [0.15, 0.2) is 0 Å². The minimum Gasteiger partial charge on any atom is -0.313 e. The maximum absolute atomic E-state index is 3.81. The molecule has 0 bridgehead atoms. The molecule has 0 aromatic heterocycles. The fourth-order valence-electron chi connectivity index (χ4n) is 4.37. The van der Waals surface area contributed by atoms with Crippen LogP contribution in [0.2, 0.25) is 0 Å². The van der Waals surface area contributed by atoms with Crippen LogP contribution in [-0.4, -0.2) is 12.6 Å². The predicted molar refractivity (Wildman–Crippen MR) is 87.7 cm³/mol. The first-order chi connectivity index (χ1) is 10.3. The Morgan fingerprint density at radius 1 is 1.10 bits per heavy atom. The largest absolute Gasteiger partial charge is 0.313 e. The minimum atomic E-state index is 0.644. The molecule has 1 heteroatoms. The summed E-state index contributed by atoms with van der Waals surface area (Å²) in [4.78, 5) is 0. The van der Waals surface area contributed by atoms with Crippen LogP contribution in [0.25, 0.3) is 0 Å². The highest BCUT2D eigenvalue weighted by atomic mass is 15.0. The molecule has 1 nitrogen and oxygen atoms in total. The number of fused-ring (bicyclic) bond motifs is 3. The van der Waals surface area contributed by atoms with Gasteiger partial charge >= 0.3 is 0 Å². The molecule has 0 spiro atoms. The van der Waals surface area contributed by atoms with E-state index in [2.05, 4.69) is 60.8 Å².